The van der Waals surface area contributed by atoms with E-state index in [1.54, 1.807) is 6.08 Å². The standard InChI is InChI=1S/C8H8O/c1-2-3-4-5-6-7-8-9/h2-3,9H,8H2,1H3/b3-2+. The molecule has 0 bridgehead atoms. The van der Waals surface area contributed by atoms with Gasteiger partial charge in [-0.05, 0) is 24.8 Å². The van der Waals surface area contributed by atoms with E-state index in [2.05, 4.69) is 23.7 Å². The molecular formula is C8H8O. The molecule has 0 rings (SSSR count). The summed E-state index contributed by atoms with van der Waals surface area (Å²) in [4.78, 5) is 0. The third-order valence-electron chi connectivity index (χ3n) is 0.552. The molecule has 9 heavy (non-hydrogen) atoms. The summed E-state index contributed by atoms with van der Waals surface area (Å²) >= 11 is 0. The molecule has 1 heteroatoms. The van der Waals surface area contributed by atoms with Crippen LogP contribution in [0.2, 0.25) is 0 Å². The Morgan fingerprint density at radius 1 is 1.44 bits per heavy atom. The van der Waals surface area contributed by atoms with Crippen molar-refractivity contribution in [2.24, 2.45) is 0 Å². The molecule has 0 aromatic heterocycles. The predicted molar refractivity (Wildman–Crippen MR) is 37.5 cm³/mol. The molecule has 0 saturated heterocycles. The van der Waals surface area contributed by atoms with Gasteiger partial charge in [0.05, 0.1) is 0 Å². The first-order chi connectivity index (χ1) is 4.41. The topological polar surface area (TPSA) is 20.2 Å². The molecule has 0 amide bonds. The molecule has 46 valence electrons. The Kier molecular flexibility index (Phi) is 5.93. The SMILES string of the molecule is C/C=C/C#CC#CCO. The van der Waals surface area contributed by atoms with Gasteiger partial charge < -0.3 is 5.11 Å². The molecule has 0 radical (unpaired) electrons. The Labute approximate surface area is 55.4 Å². The Balaban J connectivity index is 3.61. The summed E-state index contributed by atoms with van der Waals surface area (Å²) in [7, 11) is 0. The van der Waals surface area contributed by atoms with Crippen molar-refractivity contribution >= 4 is 0 Å². The van der Waals surface area contributed by atoms with Crippen LogP contribution in [0.5, 0.6) is 0 Å². The van der Waals surface area contributed by atoms with Crippen molar-refractivity contribution in [3.05, 3.63) is 12.2 Å². The lowest BCUT2D eigenvalue weighted by Crippen LogP contribution is -1.68. The van der Waals surface area contributed by atoms with E-state index in [1.165, 1.54) is 0 Å². The van der Waals surface area contributed by atoms with Gasteiger partial charge in [-0.15, -0.1) is 0 Å². The van der Waals surface area contributed by atoms with Crippen LogP contribution in [0.3, 0.4) is 0 Å². The third-order valence-corrected chi connectivity index (χ3v) is 0.552. The van der Waals surface area contributed by atoms with Gasteiger partial charge in [0.2, 0.25) is 0 Å². The molecule has 0 fully saturated rings. The smallest absolute Gasteiger partial charge is 0.105 e. The van der Waals surface area contributed by atoms with E-state index in [4.69, 9.17) is 5.11 Å². The Hall–Kier alpha value is -1.18. The summed E-state index contributed by atoms with van der Waals surface area (Å²) in [6.45, 7) is 1.76. The Morgan fingerprint density at radius 2 is 2.22 bits per heavy atom. The largest absolute Gasteiger partial charge is 0.384 e. The normalized spacial score (nSPS) is 7.33. The van der Waals surface area contributed by atoms with Gasteiger partial charge in [0.15, 0.2) is 0 Å². The quantitative estimate of drug-likeness (QED) is 0.463. The maximum absolute atomic E-state index is 8.16. The van der Waals surface area contributed by atoms with Crippen LogP contribution in [0.15, 0.2) is 12.2 Å². The first-order valence-electron chi connectivity index (χ1n) is 2.62. The fraction of sp³-hybridized carbons (Fsp3) is 0.250. The van der Waals surface area contributed by atoms with E-state index < -0.39 is 0 Å². The summed E-state index contributed by atoms with van der Waals surface area (Å²) < 4.78 is 0. The number of rotatable bonds is 0. The van der Waals surface area contributed by atoms with Crippen LogP contribution >= 0.6 is 0 Å². The lowest BCUT2D eigenvalue weighted by Gasteiger charge is -1.62. The first-order valence-corrected chi connectivity index (χ1v) is 2.62. The van der Waals surface area contributed by atoms with Crippen molar-refractivity contribution < 1.29 is 5.11 Å². The van der Waals surface area contributed by atoms with Gasteiger partial charge in [-0.3, -0.25) is 0 Å². The number of aliphatic hydroxyl groups excluding tert-OH is 1. The van der Waals surface area contributed by atoms with Crippen molar-refractivity contribution in [3.63, 3.8) is 0 Å². The summed E-state index contributed by atoms with van der Waals surface area (Å²) in [6, 6.07) is 0. The zero-order valence-corrected chi connectivity index (χ0v) is 5.31. The van der Waals surface area contributed by atoms with Crippen molar-refractivity contribution in [3.8, 4) is 23.7 Å². The number of aliphatic hydroxyl groups is 1. The lowest BCUT2D eigenvalue weighted by molar-refractivity contribution is 0.350. The van der Waals surface area contributed by atoms with Gasteiger partial charge in [0.25, 0.3) is 0 Å². The van der Waals surface area contributed by atoms with E-state index >= 15 is 0 Å². The van der Waals surface area contributed by atoms with Gasteiger partial charge in [-0.2, -0.15) is 0 Å². The average molecular weight is 120 g/mol. The van der Waals surface area contributed by atoms with Gasteiger partial charge in [-0.1, -0.05) is 17.9 Å². The summed E-state index contributed by atoms with van der Waals surface area (Å²) in [5.74, 6) is 10.0. The van der Waals surface area contributed by atoms with Gasteiger partial charge >= 0.3 is 0 Å². The maximum Gasteiger partial charge on any atom is 0.105 e. The minimum absolute atomic E-state index is 0.121. The minimum Gasteiger partial charge on any atom is -0.384 e. The van der Waals surface area contributed by atoms with Crippen LogP contribution < -0.4 is 0 Å². The second-order valence-electron chi connectivity index (χ2n) is 1.23. The lowest BCUT2D eigenvalue weighted by atomic mass is 10.5. The van der Waals surface area contributed by atoms with E-state index in [9.17, 15) is 0 Å². The molecule has 0 saturated carbocycles. The monoisotopic (exact) mass is 120 g/mol. The molecule has 1 nitrogen and oxygen atoms in total. The molecule has 0 unspecified atom stereocenters. The highest BCUT2D eigenvalue weighted by Gasteiger charge is 1.56. The fourth-order valence-electron chi connectivity index (χ4n) is 0.245. The number of allylic oxidation sites excluding steroid dienone is 2. The highest BCUT2D eigenvalue weighted by Crippen LogP contribution is 1.62. The van der Waals surface area contributed by atoms with Crippen molar-refractivity contribution in [1.29, 1.82) is 0 Å². The van der Waals surface area contributed by atoms with E-state index in [1.807, 2.05) is 13.0 Å². The zero-order chi connectivity index (χ0) is 6.95. The van der Waals surface area contributed by atoms with E-state index in [-0.39, 0.29) is 6.61 Å². The van der Waals surface area contributed by atoms with Crippen molar-refractivity contribution in [2.75, 3.05) is 6.61 Å². The van der Waals surface area contributed by atoms with Crippen LogP contribution in [-0.4, -0.2) is 11.7 Å². The van der Waals surface area contributed by atoms with Crippen LogP contribution in [0.25, 0.3) is 0 Å². The maximum atomic E-state index is 8.16. The molecule has 0 atom stereocenters. The highest BCUT2D eigenvalue weighted by atomic mass is 16.2. The summed E-state index contributed by atoms with van der Waals surface area (Å²) in [5, 5.41) is 8.16. The van der Waals surface area contributed by atoms with E-state index in [0.29, 0.717) is 0 Å². The Morgan fingerprint density at radius 3 is 2.78 bits per heavy atom. The van der Waals surface area contributed by atoms with Gasteiger partial charge in [0.1, 0.15) is 6.61 Å². The molecule has 0 spiro atoms. The minimum atomic E-state index is -0.121. The fourth-order valence-corrected chi connectivity index (χ4v) is 0.245. The molecule has 0 aliphatic rings. The first kappa shape index (κ1) is 7.82. The van der Waals surface area contributed by atoms with Crippen LogP contribution in [-0.2, 0) is 0 Å². The second-order valence-corrected chi connectivity index (χ2v) is 1.23. The molecule has 1 N–H and O–H groups in total. The Bertz CT molecular complexity index is 192. The van der Waals surface area contributed by atoms with Crippen LogP contribution in [0, 0.1) is 23.7 Å². The number of hydrogen-bond acceptors (Lipinski definition) is 1. The average Bonchev–Trinajstić information content (AvgIpc) is 1.89. The summed E-state index contributed by atoms with van der Waals surface area (Å²) in [6.07, 6.45) is 3.53. The zero-order valence-electron chi connectivity index (χ0n) is 5.31. The van der Waals surface area contributed by atoms with Gasteiger partial charge in [0, 0.05) is 0 Å². The second kappa shape index (κ2) is 6.82. The third kappa shape index (κ3) is 6.82. The van der Waals surface area contributed by atoms with Crippen molar-refractivity contribution in [1.82, 2.24) is 0 Å². The molecule has 0 heterocycles. The van der Waals surface area contributed by atoms with Crippen LogP contribution in [0.4, 0.5) is 0 Å². The van der Waals surface area contributed by atoms with Gasteiger partial charge in [-0.25, -0.2) is 0 Å². The molecule has 0 aliphatic carbocycles. The van der Waals surface area contributed by atoms with E-state index in [0.717, 1.165) is 0 Å². The molecule has 0 aromatic rings. The molecule has 0 aliphatic heterocycles. The summed E-state index contributed by atoms with van der Waals surface area (Å²) in [5.41, 5.74) is 0. The molecular weight excluding hydrogens is 112 g/mol. The molecule has 0 aromatic carbocycles. The van der Waals surface area contributed by atoms with Crippen molar-refractivity contribution in [2.45, 2.75) is 6.92 Å². The highest BCUT2D eigenvalue weighted by molar-refractivity contribution is 5.30. The number of hydrogen-bond donors (Lipinski definition) is 1. The predicted octanol–water partition coefficient (Wildman–Crippen LogP) is 0.562. The van der Waals surface area contributed by atoms with Crippen LogP contribution in [0.1, 0.15) is 6.92 Å².